The van der Waals surface area contributed by atoms with Crippen molar-refractivity contribution in [2.45, 2.75) is 77.3 Å². The van der Waals surface area contributed by atoms with E-state index in [-0.39, 0.29) is 28.9 Å². The lowest BCUT2D eigenvalue weighted by molar-refractivity contribution is -0.140. The van der Waals surface area contributed by atoms with Gasteiger partial charge in [-0.2, -0.15) is 13.2 Å². The van der Waals surface area contributed by atoms with Gasteiger partial charge in [-0.25, -0.2) is 13.2 Å². The van der Waals surface area contributed by atoms with Crippen molar-refractivity contribution < 1.29 is 35.9 Å². The predicted molar refractivity (Wildman–Crippen MR) is 138 cm³/mol. The van der Waals surface area contributed by atoms with Gasteiger partial charge in [-0.3, -0.25) is 4.79 Å². The fourth-order valence-corrected chi connectivity index (χ4v) is 6.25. The van der Waals surface area contributed by atoms with Crippen molar-refractivity contribution in [3.63, 3.8) is 0 Å². The minimum atomic E-state index is -4.73. The molecule has 2 aromatic rings. The molecule has 2 aliphatic rings. The standard InChI is InChI=1S/C31H34F6O2/c1-2-3-19-4-6-20(7-5-19)21-8-10-22(11-9-21)30(38)39-24-12-13-25(29(34)18-24)23-16-27(32)26(28(33)17-23)14-15-31(35,36)37/h12-22H,2-11H2,1H3/b15-14+. The molecule has 0 amide bonds. The maximum Gasteiger partial charge on any atom is 0.409 e. The first-order chi connectivity index (χ1) is 18.5. The van der Waals surface area contributed by atoms with Crippen LogP contribution in [0.1, 0.15) is 76.7 Å². The molecular formula is C31H34F6O2. The van der Waals surface area contributed by atoms with Crippen LogP contribution in [0.4, 0.5) is 26.3 Å². The number of hydrogen-bond acceptors (Lipinski definition) is 2. The first-order valence-electron chi connectivity index (χ1n) is 13.8. The van der Waals surface area contributed by atoms with Gasteiger partial charge in [0, 0.05) is 23.3 Å². The summed E-state index contributed by atoms with van der Waals surface area (Å²) in [6, 6.07) is 5.06. The Labute approximate surface area is 225 Å². The number of ether oxygens (including phenoxy) is 1. The third-order valence-corrected chi connectivity index (χ3v) is 8.35. The fraction of sp³-hybridized carbons (Fsp3) is 0.516. The topological polar surface area (TPSA) is 26.3 Å². The van der Waals surface area contributed by atoms with Gasteiger partial charge < -0.3 is 4.74 Å². The number of hydrogen-bond donors (Lipinski definition) is 0. The Balaban J connectivity index is 1.34. The zero-order chi connectivity index (χ0) is 28.2. The van der Waals surface area contributed by atoms with Crippen molar-refractivity contribution in [2.24, 2.45) is 23.7 Å². The second kappa shape index (κ2) is 12.6. The molecule has 0 radical (unpaired) electrons. The number of carbonyl (C=O) groups excluding carboxylic acids is 1. The van der Waals surface area contributed by atoms with Gasteiger partial charge in [0.2, 0.25) is 0 Å². The summed E-state index contributed by atoms with van der Waals surface area (Å²) in [7, 11) is 0. The molecule has 0 unspecified atom stereocenters. The Kier molecular flexibility index (Phi) is 9.44. The summed E-state index contributed by atoms with van der Waals surface area (Å²) in [5, 5.41) is 0. The molecule has 0 N–H and O–H groups in total. The highest BCUT2D eigenvalue weighted by Gasteiger charge is 2.33. The van der Waals surface area contributed by atoms with Gasteiger partial charge in [-0.1, -0.05) is 32.6 Å². The minimum absolute atomic E-state index is 0.0108. The van der Waals surface area contributed by atoms with E-state index < -0.39 is 35.2 Å². The van der Waals surface area contributed by atoms with E-state index in [4.69, 9.17) is 4.74 Å². The summed E-state index contributed by atoms with van der Waals surface area (Å²) in [5.41, 5.74) is -1.24. The van der Waals surface area contributed by atoms with Gasteiger partial charge in [0.15, 0.2) is 0 Å². The van der Waals surface area contributed by atoms with E-state index in [1.807, 2.05) is 0 Å². The van der Waals surface area contributed by atoms with E-state index in [2.05, 4.69) is 6.92 Å². The number of halogens is 6. The van der Waals surface area contributed by atoms with Gasteiger partial charge in [-0.15, -0.1) is 0 Å². The van der Waals surface area contributed by atoms with Crippen LogP contribution in [0.25, 0.3) is 17.2 Å². The summed E-state index contributed by atoms with van der Waals surface area (Å²) >= 11 is 0. The molecule has 0 bridgehead atoms. The van der Waals surface area contributed by atoms with Crippen LogP contribution in [-0.2, 0) is 4.79 Å². The quantitative estimate of drug-likeness (QED) is 0.194. The number of benzene rings is 2. The number of allylic oxidation sites excluding steroid dienone is 1. The summed E-state index contributed by atoms with van der Waals surface area (Å²) in [6.45, 7) is 2.24. The molecule has 8 heteroatoms. The van der Waals surface area contributed by atoms with Gasteiger partial charge in [0.25, 0.3) is 0 Å². The highest BCUT2D eigenvalue weighted by atomic mass is 19.4. The van der Waals surface area contributed by atoms with Crippen molar-refractivity contribution in [2.75, 3.05) is 0 Å². The van der Waals surface area contributed by atoms with E-state index in [9.17, 15) is 31.1 Å². The van der Waals surface area contributed by atoms with E-state index in [0.717, 1.165) is 55.7 Å². The predicted octanol–water partition coefficient (Wildman–Crippen LogP) is 9.66. The normalized spacial score (nSPS) is 24.2. The largest absolute Gasteiger partial charge is 0.426 e. The Morgan fingerprint density at radius 3 is 2.00 bits per heavy atom. The van der Waals surface area contributed by atoms with Crippen LogP contribution in [0, 0.1) is 41.1 Å². The van der Waals surface area contributed by atoms with Crippen molar-refractivity contribution in [3.05, 3.63) is 59.4 Å². The first-order valence-corrected chi connectivity index (χ1v) is 13.8. The molecular weight excluding hydrogens is 518 g/mol. The van der Waals surface area contributed by atoms with Crippen LogP contribution in [0.5, 0.6) is 5.75 Å². The average molecular weight is 553 g/mol. The summed E-state index contributed by atoms with van der Waals surface area (Å²) < 4.78 is 86.0. The molecule has 0 atom stereocenters. The summed E-state index contributed by atoms with van der Waals surface area (Å²) in [5.74, 6) is -1.82. The average Bonchev–Trinajstić information content (AvgIpc) is 2.88. The molecule has 0 heterocycles. The molecule has 2 saturated carbocycles. The molecule has 2 nitrogen and oxygen atoms in total. The molecule has 0 spiro atoms. The maximum absolute atomic E-state index is 14.8. The van der Waals surface area contributed by atoms with E-state index >= 15 is 0 Å². The van der Waals surface area contributed by atoms with Gasteiger partial charge >= 0.3 is 12.1 Å². The molecule has 4 rings (SSSR count). The highest BCUT2D eigenvalue weighted by molar-refractivity contribution is 5.76. The molecule has 39 heavy (non-hydrogen) atoms. The third kappa shape index (κ3) is 7.67. The molecule has 0 saturated heterocycles. The van der Waals surface area contributed by atoms with Crippen LogP contribution in [-0.4, -0.2) is 12.1 Å². The van der Waals surface area contributed by atoms with Crippen LogP contribution in [0.2, 0.25) is 0 Å². The molecule has 2 aromatic carbocycles. The lowest BCUT2D eigenvalue weighted by atomic mass is 9.69. The molecule has 2 aliphatic carbocycles. The van der Waals surface area contributed by atoms with Crippen LogP contribution in [0.3, 0.4) is 0 Å². The van der Waals surface area contributed by atoms with E-state index in [1.54, 1.807) is 0 Å². The van der Waals surface area contributed by atoms with Gasteiger partial charge in [-0.05, 0) is 92.2 Å². The maximum atomic E-state index is 14.8. The highest BCUT2D eigenvalue weighted by Crippen LogP contribution is 2.42. The molecule has 2 fully saturated rings. The van der Waals surface area contributed by atoms with Gasteiger partial charge in [0.05, 0.1) is 5.92 Å². The summed E-state index contributed by atoms with van der Waals surface area (Å²) in [6.07, 6.45) is 6.46. The monoisotopic (exact) mass is 552 g/mol. The van der Waals surface area contributed by atoms with Crippen molar-refractivity contribution in [3.8, 4) is 16.9 Å². The van der Waals surface area contributed by atoms with Gasteiger partial charge in [0.1, 0.15) is 23.2 Å². The second-order valence-corrected chi connectivity index (χ2v) is 11.0. The zero-order valence-corrected chi connectivity index (χ0v) is 22.0. The first kappa shape index (κ1) is 29.2. The van der Waals surface area contributed by atoms with Crippen molar-refractivity contribution in [1.82, 2.24) is 0 Å². The Hall–Kier alpha value is -2.77. The number of alkyl halides is 3. The smallest absolute Gasteiger partial charge is 0.409 e. The fourth-order valence-electron chi connectivity index (χ4n) is 6.25. The van der Waals surface area contributed by atoms with Crippen LogP contribution < -0.4 is 4.74 Å². The van der Waals surface area contributed by atoms with Crippen molar-refractivity contribution in [1.29, 1.82) is 0 Å². The summed E-state index contributed by atoms with van der Waals surface area (Å²) in [4.78, 5) is 12.8. The number of carbonyl (C=O) groups is 1. The lowest BCUT2D eigenvalue weighted by Gasteiger charge is -2.37. The Morgan fingerprint density at radius 1 is 0.872 bits per heavy atom. The molecule has 0 aromatic heterocycles. The lowest BCUT2D eigenvalue weighted by Crippen LogP contribution is -2.30. The zero-order valence-electron chi connectivity index (χ0n) is 22.0. The Bertz CT molecular complexity index is 1150. The van der Waals surface area contributed by atoms with E-state index in [0.29, 0.717) is 12.0 Å². The third-order valence-electron chi connectivity index (χ3n) is 8.35. The second-order valence-electron chi connectivity index (χ2n) is 11.0. The SMILES string of the molecule is CCCC1CCC(C2CCC(C(=O)Oc3ccc(-c4cc(F)c(/C=C/C(F)(F)F)c(F)c4)c(F)c3)CC2)CC1. The van der Waals surface area contributed by atoms with Crippen LogP contribution in [0.15, 0.2) is 36.4 Å². The number of esters is 1. The molecule has 0 aliphatic heterocycles. The van der Waals surface area contributed by atoms with E-state index in [1.165, 1.54) is 50.7 Å². The molecule has 212 valence electrons. The van der Waals surface area contributed by atoms with Crippen LogP contribution >= 0.6 is 0 Å². The van der Waals surface area contributed by atoms with Crippen molar-refractivity contribution >= 4 is 12.0 Å². The minimum Gasteiger partial charge on any atom is -0.426 e. The number of rotatable bonds is 7. The Morgan fingerprint density at radius 2 is 1.46 bits per heavy atom.